The summed E-state index contributed by atoms with van der Waals surface area (Å²) in [5.41, 5.74) is 3.88. The number of esters is 6. The third-order valence-electron chi connectivity index (χ3n) is 10.7. The molecule has 2 saturated heterocycles. The second-order valence-electron chi connectivity index (χ2n) is 16.6. The normalized spacial score (nSPS) is 16.4. The number of halogens is 2. The molecule has 0 saturated carbocycles. The van der Waals surface area contributed by atoms with Gasteiger partial charge in [-0.15, -0.1) is 0 Å². The van der Waals surface area contributed by atoms with Crippen molar-refractivity contribution in [3.63, 3.8) is 0 Å². The molecule has 0 spiro atoms. The van der Waals surface area contributed by atoms with Gasteiger partial charge >= 0.3 is 35.8 Å². The quantitative estimate of drug-likeness (QED) is 0.00787. The van der Waals surface area contributed by atoms with Crippen molar-refractivity contribution in [2.45, 2.75) is 63.9 Å². The molecule has 0 amide bonds. The van der Waals surface area contributed by atoms with Crippen molar-refractivity contribution >= 4 is 60.7 Å². The Bertz CT molecular complexity index is 2840. The lowest BCUT2D eigenvalue weighted by Crippen LogP contribution is -2.35. The minimum atomic E-state index is -0.838. The molecule has 4 aromatic rings. The molecule has 4 atom stereocenters. The van der Waals surface area contributed by atoms with E-state index in [0.717, 1.165) is 29.3 Å². The lowest BCUT2D eigenvalue weighted by atomic mass is 10.1. The van der Waals surface area contributed by atoms with Crippen LogP contribution in [0.15, 0.2) is 131 Å². The smallest absolute Gasteiger partial charge is 0.338 e. The van der Waals surface area contributed by atoms with E-state index in [-0.39, 0.29) is 89.2 Å². The largest absolute Gasteiger partial charge is 0.462 e. The average molecular weight is 1110 g/mol. The summed E-state index contributed by atoms with van der Waals surface area (Å²) in [6, 6.07) is 22.3. The summed E-state index contributed by atoms with van der Waals surface area (Å²) < 4.78 is 69.6. The number of nitrogens with zero attached hydrogens (tertiary/aromatic N) is 4. The van der Waals surface area contributed by atoms with Gasteiger partial charge in [0, 0.05) is 18.6 Å². The first kappa shape index (κ1) is 62.2. The molecule has 2 heterocycles. The lowest BCUT2D eigenvalue weighted by Gasteiger charge is -2.17. The van der Waals surface area contributed by atoms with E-state index in [1.165, 1.54) is 42.9 Å². The molecule has 6 rings (SSSR count). The number of ether oxygens (including phenoxy) is 8. The SMILES string of the molecule is C=CC(=O)OCCOC(=O)CCC(=O)Oc1ccc(/C=N/N=C/c2ccc(C(=O)OC3CO[C@H]4[C@@H]3OC[C@H]4OOCC)cc2)cc1F.C=CC(=O)OCCOC(=O)CCCOOc1ccc(/C=N/N=C/c2ccc(C)cc2)cc1F. The zero-order valence-corrected chi connectivity index (χ0v) is 43.6. The third-order valence-corrected chi connectivity index (χ3v) is 10.7. The van der Waals surface area contributed by atoms with Crippen molar-refractivity contribution in [3.05, 3.63) is 155 Å². The highest BCUT2D eigenvalue weighted by molar-refractivity contribution is 5.91. The van der Waals surface area contributed by atoms with Gasteiger partial charge in [-0.2, -0.15) is 25.3 Å². The van der Waals surface area contributed by atoms with Gasteiger partial charge in [0.15, 0.2) is 23.5 Å². The molecule has 24 heteroatoms. The van der Waals surface area contributed by atoms with Crippen molar-refractivity contribution in [2.75, 3.05) is 52.9 Å². The van der Waals surface area contributed by atoms with Crippen LogP contribution in [0.2, 0.25) is 0 Å². The van der Waals surface area contributed by atoms with Crippen LogP contribution in [-0.2, 0) is 71.8 Å². The zero-order chi connectivity index (χ0) is 57.5. The number of benzene rings is 4. The van der Waals surface area contributed by atoms with Crippen molar-refractivity contribution in [3.8, 4) is 11.5 Å². The van der Waals surface area contributed by atoms with Crippen LogP contribution in [0, 0.1) is 18.6 Å². The lowest BCUT2D eigenvalue weighted by molar-refractivity contribution is -0.330. The van der Waals surface area contributed by atoms with Gasteiger partial charge in [-0.3, -0.25) is 14.4 Å². The minimum absolute atomic E-state index is 0.0463. The Kier molecular flexibility index (Phi) is 26.6. The first-order chi connectivity index (χ1) is 38.7. The Hall–Kier alpha value is -8.68. The second-order valence-corrected chi connectivity index (χ2v) is 16.6. The molecule has 0 bridgehead atoms. The summed E-state index contributed by atoms with van der Waals surface area (Å²) >= 11 is 0. The van der Waals surface area contributed by atoms with Crippen molar-refractivity contribution < 1.29 is 95.0 Å². The molecule has 2 aliphatic rings. The van der Waals surface area contributed by atoms with Crippen LogP contribution in [-0.4, -0.2) is 138 Å². The van der Waals surface area contributed by atoms with E-state index in [1.54, 1.807) is 43.5 Å². The first-order valence-electron chi connectivity index (χ1n) is 24.8. The molecule has 0 radical (unpaired) electrons. The predicted octanol–water partition coefficient (Wildman–Crippen LogP) is 6.85. The Labute approximate surface area is 458 Å². The highest BCUT2D eigenvalue weighted by atomic mass is 19.1. The molecule has 424 valence electrons. The van der Waals surface area contributed by atoms with Crippen LogP contribution < -0.4 is 9.62 Å². The van der Waals surface area contributed by atoms with Crippen LogP contribution in [0.4, 0.5) is 8.78 Å². The molecule has 0 N–H and O–H groups in total. The average Bonchev–Trinajstić information content (AvgIpc) is 4.09. The highest BCUT2D eigenvalue weighted by Crippen LogP contribution is 2.31. The Balaban J connectivity index is 0.000000313. The standard InChI is InChI=1S/C32H33FN2O12.C24H25FN2O6/c1-3-27(36)40-13-14-41-28(37)11-12-29(38)45-24-10-7-21(15-23(24)33)17-35-34-16-20-5-8-22(9-6-20)32(39)46-25-18-42-31-26(47-44-4-2)19-43-30(25)31;1-3-23(28)30-13-14-31-24(29)5-4-12-32-33-22-11-10-20(15-21(22)25)17-27-26-16-19-8-6-18(2)7-9-19/h3,5-10,15-17,25-26,30-31H,1,4,11-14,18-19H2,2H3;3,6-11,15-17H,1,4-5,12-14H2,2H3/b34-16+,35-17+;26-16+,27-17+/t25?,26-,30-,31-;/m1./s1. The molecule has 80 heavy (non-hydrogen) atoms. The van der Waals surface area contributed by atoms with Crippen molar-refractivity contribution in [2.24, 2.45) is 20.4 Å². The van der Waals surface area contributed by atoms with Crippen LogP contribution in [0.3, 0.4) is 0 Å². The Morgan fingerprint density at radius 1 is 0.575 bits per heavy atom. The van der Waals surface area contributed by atoms with Gasteiger partial charge in [-0.1, -0.05) is 55.1 Å². The molecular formula is C56H58F2N4O18. The third kappa shape index (κ3) is 22.4. The number of hydrogen-bond acceptors (Lipinski definition) is 22. The van der Waals surface area contributed by atoms with Gasteiger partial charge in [-0.05, 0) is 91.1 Å². The fourth-order valence-corrected chi connectivity index (χ4v) is 6.69. The molecular weight excluding hydrogens is 1050 g/mol. The molecule has 22 nitrogen and oxygen atoms in total. The van der Waals surface area contributed by atoms with Crippen molar-refractivity contribution in [1.29, 1.82) is 0 Å². The highest BCUT2D eigenvalue weighted by Gasteiger charge is 2.50. The summed E-state index contributed by atoms with van der Waals surface area (Å²) in [6.45, 7) is 10.8. The second kappa shape index (κ2) is 34.3. The maximum atomic E-state index is 14.5. The van der Waals surface area contributed by atoms with Gasteiger partial charge in [0.05, 0.1) is 69.7 Å². The van der Waals surface area contributed by atoms with E-state index in [1.807, 2.05) is 31.2 Å². The van der Waals surface area contributed by atoms with E-state index in [2.05, 4.69) is 43.0 Å². The van der Waals surface area contributed by atoms with Crippen LogP contribution in [0.1, 0.15) is 70.8 Å². The summed E-state index contributed by atoms with van der Waals surface area (Å²) in [4.78, 5) is 89.7. The van der Waals surface area contributed by atoms with E-state index in [9.17, 15) is 37.5 Å². The van der Waals surface area contributed by atoms with Crippen LogP contribution >= 0.6 is 0 Å². The number of hydrogen-bond donors (Lipinski definition) is 0. The maximum Gasteiger partial charge on any atom is 0.338 e. The summed E-state index contributed by atoms with van der Waals surface area (Å²) in [7, 11) is 0. The predicted molar refractivity (Wildman–Crippen MR) is 281 cm³/mol. The summed E-state index contributed by atoms with van der Waals surface area (Å²) in [5.74, 6) is -5.67. The monoisotopic (exact) mass is 1110 g/mol. The number of carbonyl (C=O) groups excluding carboxylic acids is 6. The van der Waals surface area contributed by atoms with Crippen LogP contribution in [0.5, 0.6) is 11.5 Å². The van der Waals surface area contributed by atoms with E-state index in [4.69, 9.17) is 48.0 Å². The number of rotatable bonds is 29. The van der Waals surface area contributed by atoms with Gasteiger partial charge in [-0.25, -0.2) is 32.9 Å². The zero-order valence-electron chi connectivity index (χ0n) is 43.6. The summed E-state index contributed by atoms with van der Waals surface area (Å²) in [6.07, 6.45) is 5.69. The maximum absolute atomic E-state index is 14.5. The first-order valence-corrected chi connectivity index (χ1v) is 24.8. The molecule has 4 aromatic carbocycles. The number of aryl methyl sites for hydroxylation is 1. The molecule has 1 unspecified atom stereocenters. The molecule has 0 aromatic heterocycles. The topological polar surface area (TPSA) is 263 Å². The number of fused-ring (bicyclic) bond motifs is 1. The van der Waals surface area contributed by atoms with E-state index < -0.39 is 59.7 Å². The molecule has 0 aliphatic carbocycles. The molecule has 2 aliphatic heterocycles. The van der Waals surface area contributed by atoms with E-state index >= 15 is 0 Å². The van der Waals surface area contributed by atoms with Crippen molar-refractivity contribution in [1.82, 2.24) is 0 Å². The Morgan fingerprint density at radius 2 is 1.05 bits per heavy atom. The van der Waals surface area contributed by atoms with E-state index in [0.29, 0.717) is 35.3 Å². The fourth-order valence-electron chi connectivity index (χ4n) is 6.69. The summed E-state index contributed by atoms with van der Waals surface area (Å²) in [5, 5.41) is 15.7. The van der Waals surface area contributed by atoms with Crippen LogP contribution in [0.25, 0.3) is 0 Å². The minimum Gasteiger partial charge on any atom is -0.462 e. The van der Waals surface area contributed by atoms with Gasteiger partial charge < -0.3 is 42.8 Å². The number of carbonyl (C=O) groups is 6. The fraction of sp³-hybridized carbons (Fsp3) is 0.321. The molecule has 2 fully saturated rings. The van der Waals surface area contributed by atoms with Gasteiger partial charge in [0.25, 0.3) is 0 Å². The van der Waals surface area contributed by atoms with Gasteiger partial charge in [0.1, 0.15) is 44.7 Å². The van der Waals surface area contributed by atoms with Gasteiger partial charge in [0.2, 0.25) is 5.75 Å². The Morgan fingerprint density at radius 3 is 1.60 bits per heavy atom.